The molecule has 0 aliphatic carbocycles. The van der Waals surface area contributed by atoms with Gasteiger partial charge in [-0.1, -0.05) is 42.5 Å². The van der Waals surface area contributed by atoms with E-state index in [-0.39, 0.29) is 24.2 Å². The molecule has 9 heteroatoms. The first-order valence-corrected chi connectivity index (χ1v) is 12.6. The third-order valence-corrected chi connectivity index (χ3v) is 6.82. The summed E-state index contributed by atoms with van der Waals surface area (Å²) >= 11 is 0. The minimum Gasteiger partial charge on any atom is -0.361 e. The second-order valence-corrected chi connectivity index (χ2v) is 10.3. The number of carbonyl (C=O) groups is 3. The van der Waals surface area contributed by atoms with Crippen LogP contribution >= 0.6 is 12.4 Å². The van der Waals surface area contributed by atoms with E-state index in [1.807, 2.05) is 66.9 Å². The van der Waals surface area contributed by atoms with Gasteiger partial charge in [0.1, 0.15) is 6.04 Å². The summed E-state index contributed by atoms with van der Waals surface area (Å²) in [6, 6.07) is 21.8. The monoisotopic (exact) mass is 545 g/mol. The summed E-state index contributed by atoms with van der Waals surface area (Å²) in [6.07, 6.45) is 2.21. The number of nitrogens with one attached hydrogen (secondary N) is 3. The smallest absolute Gasteiger partial charge is 0.255 e. The molecule has 2 heterocycles. The topological polar surface area (TPSA) is 120 Å². The van der Waals surface area contributed by atoms with Crippen molar-refractivity contribution in [3.63, 3.8) is 0 Å². The molecule has 5 rings (SSSR count). The number of H-pyrrole nitrogens is 1. The van der Waals surface area contributed by atoms with Crippen molar-refractivity contribution in [3.05, 3.63) is 101 Å². The van der Waals surface area contributed by atoms with Gasteiger partial charge in [-0.15, -0.1) is 12.4 Å². The Hall–Kier alpha value is -4.14. The molecule has 39 heavy (non-hydrogen) atoms. The van der Waals surface area contributed by atoms with Crippen molar-refractivity contribution >= 4 is 46.7 Å². The Labute approximate surface area is 233 Å². The van der Waals surface area contributed by atoms with E-state index in [0.29, 0.717) is 30.8 Å². The number of aromatic nitrogens is 1. The van der Waals surface area contributed by atoms with Crippen LogP contribution in [-0.4, -0.2) is 39.2 Å². The minimum atomic E-state index is -1.13. The van der Waals surface area contributed by atoms with Crippen LogP contribution in [-0.2, 0) is 29.1 Å². The molecule has 0 bridgehead atoms. The Morgan fingerprint density at radius 1 is 0.974 bits per heavy atom. The molecule has 0 saturated heterocycles. The van der Waals surface area contributed by atoms with Gasteiger partial charge in [0, 0.05) is 47.9 Å². The third kappa shape index (κ3) is 6.13. The molecule has 1 atom stereocenters. The van der Waals surface area contributed by atoms with E-state index in [4.69, 9.17) is 5.73 Å². The normalized spacial score (nSPS) is 13.4. The summed E-state index contributed by atoms with van der Waals surface area (Å²) in [5.41, 5.74) is 10.0. The second-order valence-electron chi connectivity index (χ2n) is 10.3. The molecule has 1 aliphatic heterocycles. The van der Waals surface area contributed by atoms with Gasteiger partial charge in [-0.2, -0.15) is 0 Å². The number of benzene rings is 3. The maximum absolute atomic E-state index is 13.8. The van der Waals surface area contributed by atoms with Gasteiger partial charge >= 0.3 is 0 Å². The molecule has 202 valence electrons. The minimum absolute atomic E-state index is 0. The first kappa shape index (κ1) is 27.9. The standard InChI is InChI=1S/C30H31N5O3.ClH/c1-30(2,31)29(38)34-26(15-21-16-32-25-11-7-6-10-24(21)25)28(37)35-17-20-12-13-23(14-22(20)18-35)33-27(36)19-8-4-3-5-9-19;/h3-14,16,26,32H,15,17-18,31H2,1-2H3,(H,33,36)(H,34,38);1H/t26-;/m1./s1. The summed E-state index contributed by atoms with van der Waals surface area (Å²) in [7, 11) is 0. The highest BCUT2D eigenvalue weighted by atomic mass is 35.5. The Bertz CT molecular complexity index is 1510. The van der Waals surface area contributed by atoms with Gasteiger partial charge < -0.3 is 26.3 Å². The summed E-state index contributed by atoms with van der Waals surface area (Å²) in [5.74, 6) is -0.764. The lowest BCUT2D eigenvalue weighted by molar-refractivity contribution is -0.138. The van der Waals surface area contributed by atoms with Crippen LogP contribution in [0.1, 0.15) is 40.9 Å². The zero-order valence-electron chi connectivity index (χ0n) is 21.9. The maximum Gasteiger partial charge on any atom is 0.255 e. The maximum atomic E-state index is 13.8. The van der Waals surface area contributed by atoms with Gasteiger partial charge in [-0.3, -0.25) is 14.4 Å². The Balaban J connectivity index is 0.00000353. The first-order valence-electron chi connectivity index (χ1n) is 12.6. The van der Waals surface area contributed by atoms with E-state index >= 15 is 0 Å². The van der Waals surface area contributed by atoms with Gasteiger partial charge in [0.15, 0.2) is 0 Å². The van der Waals surface area contributed by atoms with Crippen LogP contribution in [0.25, 0.3) is 10.9 Å². The Morgan fingerprint density at radius 2 is 1.67 bits per heavy atom. The van der Waals surface area contributed by atoms with Crippen molar-refractivity contribution in [2.75, 3.05) is 5.32 Å². The van der Waals surface area contributed by atoms with Gasteiger partial charge in [0.25, 0.3) is 5.91 Å². The summed E-state index contributed by atoms with van der Waals surface area (Å²) in [4.78, 5) is 44.1. The summed E-state index contributed by atoms with van der Waals surface area (Å²) < 4.78 is 0. The average Bonchev–Trinajstić information content (AvgIpc) is 3.52. The van der Waals surface area contributed by atoms with Crippen molar-refractivity contribution in [3.8, 4) is 0 Å². The lowest BCUT2D eigenvalue weighted by Crippen LogP contribution is -2.56. The van der Waals surface area contributed by atoms with Crippen molar-refractivity contribution in [2.24, 2.45) is 5.73 Å². The van der Waals surface area contributed by atoms with Crippen LogP contribution in [0.5, 0.6) is 0 Å². The van der Waals surface area contributed by atoms with Crippen LogP contribution in [0.4, 0.5) is 5.69 Å². The van der Waals surface area contributed by atoms with E-state index in [2.05, 4.69) is 15.6 Å². The predicted octanol–water partition coefficient (Wildman–Crippen LogP) is 4.15. The van der Waals surface area contributed by atoms with Crippen LogP contribution in [0.2, 0.25) is 0 Å². The van der Waals surface area contributed by atoms with Gasteiger partial charge in [-0.25, -0.2) is 0 Å². The summed E-state index contributed by atoms with van der Waals surface area (Å²) in [6.45, 7) is 4.04. The van der Waals surface area contributed by atoms with Crippen LogP contribution in [0.15, 0.2) is 79.0 Å². The van der Waals surface area contributed by atoms with E-state index in [9.17, 15) is 14.4 Å². The largest absolute Gasteiger partial charge is 0.361 e. The van der Waals surface area contributed by atoms with Gasteiger partial charge in [-0.05, 0) is 60.9 Å². The third-order valence-electron chi connectivity index (χ3n) is 6.82. The van der Waals surface area contributed by atoms with Crippen molar-refractivity contribution in [1.29, 1.82) is 0 Å². The molecule has 1 aliphatic rings. The fourth-order valence-corrected chi connectivity index (χ4v) is 4.71. The Kier molecular flexibility index (Phi) is 8.09. The number of amides is 3. The highest BCUT2D eigenvalue weighted by Gasteiger charge is 2.33. The predicted molar refractivity (Wildman–Crippen MR) is 155 cm³/mol. The van der Waals surface area contributed by atoms with Gasteiger partial charge in [0.2, 0.25) is 11.8 Å². The first-order chi connectivity index (χ1) is 18.2. The van der Waals surface area contributed by atoms with Crippen molar-refractivity contribution in [1.82, 2.24) is 15.2 Å². The molecule has 0 fully saturated rings. The Morgan fingerprint density at radius 3 is 2.41 bits per heavy atom. The molecule has 0 radical (unpaired) electrons. The van der Waals surface area contributed by atoms with Crippen LogP contribution < -0.4 is 16.4 Å². The van der Waals surface area contributed by atoms with Gasteiger partial charge in [0.05, 0.1) is 5.54 Å². The zero-order valence-corrected chi connectivity index (χ0v) is 22.7. The molecule has 8 nitrogen and oxygen atoms in total. The summed E-state index contributed by atoms with van der Waals surface area (Å²) in [5, 5.41) is 6.83. The second kappa shape index (κ2) is 11.3. The van der Waals surface area contributed by atoms with E-state index in [1.54, 1.807) is 30.9 Å². The molecule has 3 aromatic carbocycles. The number of aromatic amines is 1. The van der Waals surface area contributed by atoms with E-state index in [0.717, 1.165) is 27.6 Å². The van der Waals surface area contributed by atoms with Crippen molar-refractivity contribution in [2.45, 2.75) is 44.9 Å². The molecule has 1 aromatic heterocycles. The molecule has 3 amide bonds. The number of halogens is 1. The SMILES string of the molecule is CC(C)(N)C(=O)N[C@H](Cc1c[nH]c2ccccc12)C(=O)N1Cc2ccc(NC(=O)c3ccccc3)cc2C1.Cl. The lowest BCUT2D eigenvalue weighted by atomic mass is 10.0. The van der Waals surface area contributed by atoms with E-state index < -0.39 is 17.5 Å². The number of nitrogens with two attached hydrogens (primary N) is 1. The molecule has 4 aromatic rings. The fraction of sp³-hybridized carbons (Fsp3) is 0.233. The molecule has 5 N–H and O–H groups in total. The number of nitrogens with zero attached hydrogens (tertiary/aromatic N) is 1. The molecular weight excluding hydrogens is 514 g/mol. The number of anilines is 1. The molecule has 0 spiro atoms. The number of carbonyl (C=O) groups excluding carboxylic acids is 3. The molecule has 0 saturated carbocycles. The lowest BCUT2D eigenvalue weighted by Gasteiger charge is -2.27. The number of hydrogen-bond acceptors (Lipinski definition) is 4. The average molecular weight is 546 g/mol. The highest BCUT2D eigenvalue weighted by molar-refractivity contribution is 6.04. The number of para-hydroxylation sites is 1. The fourth-order valence-electron chi connectivity index (χ4n) is 4.71. The van der Waals surface area contributed by atoms with Crippen LogP contribution in [0, 0.1) is 0 Å². The number of rotatable bonds is 7. The zero-order chi connectivity index (χ0) is 26.9. The highest BCUT2D eigenvalue weighted by Crippen LogP contribution is 2.28. The van der Waals surface area contributed by atoms with E-state index in [1.165, 1.54) is 0 Å². The van der Waals surface area contributed by atoms with Crippen LogP contribution in [0.3, 0.4) is 0 Å². The van der Waals surface area contributed by atoms with Crippen molar-refractivity contribution < 1.29 is 14.4 Å². The molecular formula is C30H32ClN5O3. The quantitative estimate of drug-likeness (QED) is 0.279. The number of hydrogen-bond donors (Lipinski definition) is 4. The number of fused-ring (bicyclic) bond motifs is 2. The molecule has 0 unspecified atom stereocenters.